The van der Waals surface area contributed by atoms with E-state index in [1.807, 2.05) is 36.7 Å². The van der Waals surface area contributed by atoms with Gasteiger partial charge in [0, 0.05) is 85.9 Å². The Kier molecular flexibility index (Phi) is 20.0. The number of aryl methyl sites for hydroxylation is 2. The maximum absolute atomic E-state index is 13.6. The first-order chi connectivity index (χ1) is 36.9. The highest BCUT2D eigenvalue weighted by atomic mass is 35.5. The number of alkyl halides is 5. The van der Waals surface area contributed by atoms with Gasteiger partial charge in [-0.15, -0.1) is 0 Å². The summed E-state index contributed by atoms with van der Waals surface area (Å²) in [6.45, 7) is 6.75. The van der Waals surface area contributed by atoms with Crippen molar-refractivity contribution in [3.63, 3.8) is 0 Å². The number of likely N-dealkylation sites (N-methyl/N-ethyl adjacent to an activating group) is 2. The van der Waals surface area contributed by atoms with Gasteiger partial charge in [-0.25, -0.2) is 14.6 Å². The van der Waals surface area contributed by atoms with E-state index < -0.39 is 47.9 Å². The first-order valence-electron chi connectivity index (χ1n) is 27.2. The molecule has 2 amide bonds. The monoisotopic (exact) mass is 1130 g/mol. The summed E-state index contributed by atoms with van der Waals surface area (Å²) in [6, 6.07) is 3.97. The molecule has 0 radical (unpaired) electrons. The number of anilines is 1. The molecule has 0 saturated heterocycles. The number of hydrogen-bond donors (Lipinski definition) is 3. The van der Waals surface area contributed by atoms with Crippen molar-refractivity contribution in [3.05, 3.63) is 68.8 Å². The van der Waals surface area contributed by atoms with Crippen molar-refractivity contribution in [2.45, 2.75) is 161 Å². The van der Waals surface area contributed by atoms with E-state index in [9.17, 15) is 46.0 Å². The fraction of sp³-hybridized carbons (Fsp3) is 0.632. The predicted octanol–water partition coefficient (Wildman–Crippen LogP) is 12.1. The molecule has 0 bridgehead atoms. The quantitative estimate of drug-likeness (QED) is 0.0278. The summed E-state index contributed by atoms with van der Waals surface area (Å²) in [6.07, 6.45) is 6.78. The van der Waals surface area contributed by atoms with Crippen LogP contribution in [0.1, 0.15) is 148 Å². The highest BCUT2D eigenvalue weighted by Gasteiger charge is 2.58. The zero-order chi connectivity index (χ0) is 56.7. The minimum atomic E-state index is -5.60. The van der Waals surface area contributed by atoms with Gasteiger partial charge >= 0.3 is 24.3 Å². The van der Waals surface area contributed by atoms with Crippen LogP contribution in [0.15, 0.2) is 24.5 Å². The molecule has 21 heteroatoms. The largest absolute Gasteiger partial charge is 0.496 e. The van der Waals surface area contributed by atoms with Crippen LogP contribution in [-0.4, -0.2) is 120 Å². The number of aliphatic hydroxyl groups excluding tert-OH is 1. The molecule has 3 aromatic heterocycles. The molecule has 4 N–H and O–H groups in total. The lowest BCUT2D eigenvalue weighted by molar-refractivity contribution is -0.284. The number of carbonyl (C=O) groups excluding carboxylic acids is 1. The van der Waals surface area contributed by atoms with Crippen LogP contribution in [0.3, 0.4) is 0 Å². The van der Waals surface area contributed by atoms with Gasteiger partial charge in [0.15, 0.2) is 0 Å². The number of hydrogen-bond acceptors (Lipinski definition) is 10. The number of pyridine rings is 1. The number of carbonyl (C=O) groups is 2. The molecule has 3 aliphatic carbocycles. The molecule has 2 saturated carbocycles. The number of benzene rings is 1. The molecular weight excluding hydrogens is 1060 g/mol. The van der Waals surface area contributed by atoms with Gasteiger partial charge in [-0.3, -0.25) is 9.19 Å². The number of carboxylic acid groups (broad SMARTS) is 1. The minimum Gasteiger partial charge on any atom is -0.496 e. The fourth-order valence-corrected chi connectivity index (χ4v) is 14.0. The third-order valence-corrected chi connectivity index (χ3v) is 18.6. The molecule has 3 heterocycles. The molecule has 1 aromatic carbocycles. The van der Waals surface area contributed by atoms with E-state index in [1.54, 1.807) is 20.4 Å². The number of methoxy groups -OCH3 is 1. The van der Waals surface area contributed by atoms with Crippen molar-refractivity contribution >= 4 is 51.6 Å². The number of aliphatic hydroxyl groups is 1. The van der Waals surface area contributed by atoms with E-state index in [0.717, 1.165) is 116 Å². The van der Waals surface area contributed by atoms with Gasteiger partial charge in [-0.1, -0.05) is 68.9 Å². The molecule has 3 aliphatic rings. The van der Waals surface area contributed by atoms with Gasteiger partial charge in [-0.05, 0) is 130 Å². The van der Waals surface area contributed by atoms with Crippen LogP contribution in [0.4, 0.5) is 37.5 Å². The number of amides is 2. The van der Waals surface area contributed by atoms with Gasteiger partial charge in [0.2, 0.25) is 5.95 Å². The van der Waals surface area contributed by atoms with Crippen LogP contribution < -0.4 is 15.2 Å². The molecule has 0 aliphatic heterocycles. The summed E-state index contributed by atoms with van der Waals surface area (Å²) in [4.78, 5) is 41.1. The van der Waals surface area contributed by atoms with Crippen molar-refractivity contribution in [1.82, 2.24) is 29.3 Å². The summed E-state index contributed by atoms with van der Waals surface area (Å²) in [5, 5.41) is 21.6. The van der Waals surface area contributed by atoms with E-state index >= 15 is 0 Å². The number of aromatic nitrogens is 4. The molecule has 2 fully saturated rings. The summed E-state index contributed by atoms with van der Waals surface area (Å²) >= 11 is 6.76. The lowest BCUT2D eigenvalue weighted by atomic mass is 9.51. The van der Waals surface area contributed by atoms with E-state index in [1.165, 1.54) is 17.5 Å². The number of rotatable bonds is 23. The summed E-state index contributed by atoms with van der Waals surface area (Å²) < 4.78 is 90.0. The minimum absolute atomic E-state index is 0.0280. The predicted molar refractivity (Wildman–Crippen MR) is 292 cm³/mol. The highest BCUT2D eigenvalue weighted by molar-refractivity contribution is 7.84. The SMILES string of the molecule is COc1c(C)cnc(Cn2cc(C#CCCc3cc(OC(=O)N(C)CCN(C)C(=O)O)cc4c3[C@H]3CC[C@]5(C)[C@@H](O)CC[C@H]5[C@@H]3[C@H](CCCCCCCCCS(=O)CCCC(F)(F)C(F)(F)F)C4)c3c(Cl)nc(N)nc32)c1C. The highest BCUT2D eigenvalue weighted by Crippen LogP contribution is 2.63. The van der Waals surface area contributed by atoms with E-state index in [2.05, 4.69) is 28.7 Å². The van der Waals surface area contributed by atoms with Crippen molar-refractivity contribution in [3.8, 4) is 23.3 Å². The number of unbranched alkanes of at least 4 members (excludes halogenated alkanes) is 6. The number of nitrogens with zero attached hydrogens (tertiary/aromatic N) is 6. The molecular formula is C57H75ClF5N7O7S. The third-order valence-electron chi connectivity index (χ3n) is 16.8. The normalized spacial score (nSPS) is 21.3. The Bertz CT molecular complexity index is 2880. The van der Waals surface area contributed by atoms with Gasteiger partial charge in [-0.2, -0.15) is 26.9 Å². The lowest BCUT2D eigenvalue weighted by Gasteiger charge is -2.53. The molecule has 7 rings (SSSR count). The van der Waals surface area contributed by atoms with Crippen molar-refractivity contribution in [2.75, 3.05) is 51.5 Å². The Morgan fingerprint density at radius 1 is 0.987 bits per heavy atom. The topological polar surface area (TPSA) is 186 Å². The first kappa shape index (κ1) is 60.4. The average Bonchev–Trinajstić information content (AvgIpc) is 4.07. The maximum atomic E-state index is 13.6. The Labute approximate surface area is 461 Å². The number of ether oxygens (including phenoxy) is 2. The summed E-state index contributed by atoms with van der Waals surface area (Å²) in [5.74, 6) is 4.50. The molecule has 78 heavy (non-hydrogen) atoms. The van der Waals surface area contributed by atoms with Crippen LogP contribution in [0.2, 0.25) is 5.15 Å². The van der Waals surface area contributed by atoms with Crippen LogP contribution in [0, 0.1) is 48.9 Å². The van der Waals surface area contributed by atoms with Crippen LogP contribution >= 0.6 is 11.6 Å². The number of nitrogen functional groups attached to an aromatic ring is 1. The zero-order valence-corrected chi connectivity index (χ0v) is 47.2. The van der Waals surface area contributed by atoms with Crippen LogP contribution in [-0.2, 0) is 30.2 Å². The number of halogens is 6. The molecule has 7 atom stereocenters. The molecule has 0 spiro atoms. The molecule has 4 aromatic rings. The fourth-order valence-electron chi connectivity index (χ4n) is 12.6. The van der Waals surface area contributed by atoms with Gasteiger partial charge in [0.05, 0.1) is 36.4 Å². The Balaban J connectivity index is 1.09. The van der Waals surface area contributed by atoms with E-state index in [-0.39, 0.29) is 53.1 Å². The molecule has 1 unspecified atom stereocenters. The van der Waals surface area contributed by atoms with E-state index in [0.29, 0.717) is 65.9 Å². The second-order valence-corrected chi connectivity index (χ2v) is 24.1. The average molecular weight is 1130 g/mol. The Morgan fingerprint density at radius 2 is 1.68 bits per heavy atom. The van der Waals surface area contributed by atoms with Crippen molar-refractivity contribution in [1.29, 1.82) is 0 Å². The van der Waals surface area contributed by atoms with Crippen LogP contribution in [0.25, 0.3) is 11.0 Å². The van der Waals surface area contributed by atoms with Gasteiger partial charge in [0.25, 0.3) is 0 Å². The zero-order valence-electron chi connectivity index (χ0n) is 45.6. The Hall–Kier alpha value is -5.26. The first-order valence-corrected chi connectivity index (χ1v) is 29.1. The Morgan fingerprint density at radius 3 is 2.38 bits per heavy atom. The second kappa shape index (κ2) is 25.9. The molecule has 428 valence electrons. The van der Waals surface area contributed by atoms with E-state index in [4.69, 9.17) is 31.8 Å². The number of nitrogens with two attached hydrogens (primary N) is 1. The summed E-state index contributed by atoms with van der Waals surface area (Å²) in [7, 11) is 3.21. The smallest absolute Gasteiger partial charge is 0.453 e. The molecule has 14 nitrogen and oxygen atoms in total. The lowest BCUT2D eigenvalue weighted by Crippen LogP contribution is -2.47. The maximum Gasteiger partial charge on any atom is 0.453 e. The van der Waals surface area contributed by atoms with Gasteiger partial charge < -0.3 is 39.8 Å². The standard InChI is InChI=1S/C57H75ClF5N7O7S/c1-35-32-65-44(36(2)49(35)76-6)34-70-33-39(48-50(58)66-52(64)67-51(48)70)19-14-13-18-38-30-41(77-54(74)69(5)26-25-68(4)53(72)73)31-40-29-37(47-42(46(38)40)22-24-55(3)43(47)20-21-45(55)71)17-12-10-8-7-9-11-15-27-78(75)28-16-23-56(59,60)57(61,62)63/h30-33,37,42-43,45,47,71H,7-13,15-18,20-29,34H2,1-6H3,(H,72,73)(H2,64,66,67)/t37-,42-,43+,45+,47-,55+,78?/m1/s1. The van der Waals surface area contributed by atoms with Gasteiger partial charge in [0.1, 0.15) is 22.3 Å². The third kappa shape index (κ3) is 14.0. The van der Waals surface area contributed by atoms with Crippen molar-refractivity contribution in [2.24, 2.45) is 23.2 Å². The van der Waals surface area contributed by atoms with Crippen LogP contribution in [0.5, 0.6) is 11.5 Å². The van der Waals surface area contributed by atoms with Crippen molar-refractivity contribution < 1.29 is 55.4 Å². The summed E-state index contributed by atoms with van der Waals surface area (Å²) in [5.41, 5.74) is 13.1. The second-order valence-electron chi connectivity index (χ2n) is 22.0. The number of fused-ring (bicyclic) bond motifs is 6.